The van der Waals surface area contributed by atoms with E-state index in [2.05, 4.69) is 143 Å². The monoisotopic (exact) mass is 878 g/mol. The van der Waals surface area contributed by atoms with Gasteiger partial charge in [0.1, 0.15) is 5.58 Å². The third kappa shape index (κ3) is 6.89. The number of rotatable bonds is 4. The maximum Gasteiger partial charge on any atom is 0.129 e. The molecule has 9 rings (SSSR count). The molecule has 0 aliphatic heterocycles. The average Bonchev–Trinajstić information content (AvgIpc) is 3.59. The topological polar surface area (TPSA) is 51.8 Å². The molecule has 1 radical (unpaired) electrons. The summed E-state index contributed by atoms with van der Waals surface area (Å²) in [5.74, 6) is 0. The maximum atomic E-state index is 6.80. The molecule has 0 unspecified atom stereocenters. The van der Waals surface area contributed by atoms with Crippen LogP contribution in [0.3, 0.4) is 0 Å². The summed E-state index contributed by atoms with van der Waals surface area (Å²) in [6.45, 7) is 12.7. The summed E-state index contributed by atoms with van der Waals surface area (Å²) in [7, 11) is 0. The summed E-state index contributed by atoms with van der Waals surface area (Å²) in [5, 5.41) is 4.52. The van der Waals surface area contributed by atoms with Crippen molar-refractivity contribution in [3.05, 3.63) is 173 Å². The summed E-state index contributed by atoms with van der Waals surface area (Å²) < 4.78 is 6.80. The predicted molar refractivity (Wildman–Crippen MR) is 219 cm³/mol. The third-order valence-electron chi connectivity index (χ3n) is 10.3. The van der Waals surface area contributed by atoms with E-state index in [0.29, 0.717) is 0 Å². The zero-order chi connectivity index (χ0) is 36.6. The Morgan fingerprint density at radius 1 is 0.593 bits per heavy atom. The van der Waals surface area contributed by atoms with E-state index in [4.69, 9.17) is 9.40 Å². The van der Waals surface area contributed by atoms with Gasteiger partial charge in [-0.1, -0.05) is 84.1 Å². The molecule has 0 fully saturated rings. The van der Waals surface area contributed by atoms with Gasteiger partial charge >= 0.3 is 0 Å². The Labute approximate surface area is 330 Å². The standard InChI is InChI=1S/C35H25N2O.C14H14N.Ir/c1-21-12-13-29(33-23(3)22(2)18-26-14-16-36-20-30(26)33)35-32(21)28-11-7-10-27(34(28)38-35)31-19-25(15-17-37-31)24-8-5-4-6-9-24;1-10-4-6-13(7-5-10)14-8-11(2)12(3)9-15-14;/h4-9,11-20H,1-3H3;4-6,8-9H,1-3H3;/q2*-1;. The van der Waals surface area contributed by atoms with Crippen molar-refractivity contribution in [3.63, 3.8) is 0 Å². The number of benzene rings is 5. The first-order chi connectivity index (χ1) is 25.8. The molecule has 4 aromatic heterocycles. The first kappa shape index (κ1) is 36.6. The molecule has 0 amide bonds. The fraction of sp³-hybridized carbons (Fsp3) is 0.122. The van der Waals surface area contributed by atoms with Crippen LogP contribution in [0.2, 0.25) is 0 Å². The Morgan fingerprint density at radius 3 is 2.20 bits per heavy atom. The largest absolute Gasteiger partial charge is 0.500 e. The molecule has 0 bridgehead atoms. The van der Waals surface area contributed by atoms with E-state index in [-0.39, 0.29) is 20.1 Å². The summed E-state index contributed by atoms with van der Waals surface area (Å²) in [5.41, 5.74) is 17.4. The van der Waals surface area contributed by atoms with Gasteiger partial charge in [-0.2, -0.15) is 0 Å². The van der Waals surface area contributed by atoms with Crippen molar-refractivity contribution >= 4 is 32.7 Å². The number of furan rings is 1. The molecule has 9 aromatic rings. The Kier molecular flexibility index (Phi) is 10.4. The molecular weight excluding hydrogens is 839 g/mol. The van der Waals surface area contributed by atoms with Gasteiger partial charge in [-0.05, 0) is 102 Å². The molecule has 54 heavy (non-hydrogen) atoms. The molecule has 0 atom stereocenters. The van der Waals surface area contributed by atoms with Crippen LogP contribution in [0.15, 0.2) is 132 Å². The third-order valence-corrected chi connectivity index (χ3v) is 10.3. The first-order valence-corrected chi connectivity index (χ1v) is 17.9. The predicted octanol–water partition coefficient (Wildman–Crippen LogP) is 12.7. The molecule has 267 valence electrons. The number of aryl methyl sites for hydroxylation is 5. The quantitative estimate of drug-likeness (QED) is 0.165. The van der Waals surface area contributed by atoms with Crippen LogP contribution in [-0.2, 0) is 20.1 Å². The maximum absolute atomic E-state index is 6.80. The summed E-state index contributed by atoms with van der Waals surface area (Å²) in [4.78, 5) is 13.6. The minimum atomic E-state index is 0. The molecule has 4 heterocycles. The minimum Gasteiger partial charge on any atom is -0.500 e. The van der Waals surface area contributed by atoms with Gasteiger partial charge in [-0.15, -0.1) is 53.6 Å². The molecule has 0 spiro atoms. The average molecular weight is 878 g/mol. The van der Waals surface area contributed by atoms with Crippen molar-refractivity contribution in [3.8, 4) is 44.8 Å². The van der Waals surface area contributed by atoms with Crippen LogP contribution in [0, 0.1) is 53.7 Å². The van der Waals surface area contributed by atoms with E-state index in [1.165, 1.54) is 44.3 Å². The molecule has 5 heteroatoms. The fourth-order valence-electron chi connectivity index (χ4n) is 7.04. The van der Waals surface area contributed by atoms with Crippen LogP contribution >= 0.6 is 0 Å². The Balaban J connectivity index is 0.000000237. The minimum absolute atomic E-state index is 0. The number of aromatic nitrogens is 3. The van der Waals surface area contributed by atoms with Crippen molar-refractivity contribution in [2.75, 3.05) is 0 Å². The fourth-order valence-corrected chi connectivity index (χ4v) is 7.04. The Morgan fingerprint density at radius 2 is 1.43 bits per heavy atom. The Hall–Kier alpha value is -5.74. The van der Waals surface area contributed by atoms with Crippen molar-refractivity contribution < 1.29 is 24.5 Å². The number of pyridine rings is 3. The SMILES string of the molecule is Cc1c[c-]c(-c2cc(C)c(C)cn2)cc1.Cc1cc2ccncc2c(-c2ccc(C)c3c2oc2c(-c4cc(-c5ccccc5)ccn4)[c-]ccc23)c1C.[Ir]. The van der Waals surface area contributed by atoms with E-state index in [9.17, 15) is 0 Å². The zero-order valence-corrected chi connectivity index (χ0v) is 33.6. The van der Waals surface area contributed by atoms with Crippen LogP contribution in [0.25, 0.3) is 77.5 Å². The van der Waals surface area contributed by atoms with E-state index >= 15 is 0 Å². The summed E-state index contributed by atoms with van der Waals surface area (Å²) in [6.07, 6.45) is 7.59. The zero-order valence-electron chi connectivity index (χ0n) is 31.2. The van der Waals surface area contributed by atoms with Crippen molar-refractivity contribution in [2.24, 2.45) is 0 Å². The van der Waals surface area contributed by atoms with Crippen LogP contribution in [0.1, 0.15) is 33.4 Å². The van der Waals surface area contributed by atoms with Crippen LogP contribution in [-0.4, -0.2) is 15.0 Å². The van der Waals surface area contributed by atoms with Crippen molar-refractivity contribution in [1.82, 2.24) is 15.0 Å². The Bertz CT molecular complexity index is 2790. The second-order valence-corrected chi connectivity index (χ2v) is 13.9. The molecule has 0 aliphatic carbocycles. The number of hydrogen-bond acceptors (Lipinski definition) is 4. The van der Waals surface area contributed by atoms with Crippen LogP contribution < -0.4 is 0 Å². The van der Waals surface area contributed by atoms with Gasteiger partial charge in [-0.3, -0.25) is 4.98 Å². The number of nitrogens with zero attached hydrogens (tertiary/aromatic N) is 3. The van der Waals surface area contributed by atoms with E-state index in [1.807, 2.05) is 49.1 Å². The van der Waals surface area contributed by atoms with Crippen molar-refractivity contribution in [1.29, 1.82) is 0 Å². The number of fused-ring (bicyclic) bond motifs is 4. The van der Waals surface area contributed by atoms with E-state index in [1.54, 1.807) is 0 Å². The second-order valence-electron chi connectivity index (χ2n) is 13.9. The molecule has 0 saturated carbocycles. The molecule has 0 aliphatic rings. The van der Waals surface area contributed by atoms with Crippen molar-refractivity contribution in [2.45, 2.75) is 41.5 Å². The molecule has 0 N–H and O–H groups in total. The smallest absolute Gasteiger partial charge is 0.129 e. The van der Waals surface area contributed by atoms with E-state index in [0.717, 1.165) is 66.5 Å². The molecule has 5 aromatic carbocycles. The van der Waals surface area contributed by atoms with Crippen LogP contribution in [0.5, 0.6) is 0 Å². The normalized spacial score (nSPS) is 11.0. The van der Waals surface area contributed by atoms with Gasteiger partial charge in [0.2, 0.25) is 0 Å². The summed E-state index contributed by atoms with van der Waals surface area (Å²) >= 11 is 0. The summed E-state index contributed by atoms with van der Waals surface area (Å²) in [6, 6.07) is 42.2. The number of hydrogen-bond donors (Lipinski definition) is 0. The van der Waals surface area contributed by atoms with Gasteiger partial charge < -0.3 is 14.4 Å². The van der Waals surface area contributed by atoms with Crippen LogP contribution in [0.4, 0.5) is 0 Å². The van der Waals surface area contributed by atoms with Gasteiger partial charge in [0.05, 0.1) is 5.58 Å². The molecule has 0 saturated heterocycles. The molecular formula is C49H39IrN3O-2. The second kappa shape index (κ2) is 15.3. The van der Waals surface area contributed by atoms with E-state index < -0.39 is 0 Å². The van der Waals surface area contributed by atoms with Gasteiger partial charge in [0, 0.05) is 61.2 Å². The molecule has 4 nitrogen and oxygen atoms in total. The van der Waals surface area contributed by atoms with Gasteiger partial charge in [0.25, 0.3) is 0 Å². The van der Waals surface area contributed by atoms with Gasteiger partial charge in [-0.25, -0.2) is 0 Å². The van der Waals surface area contributed by atoms with Gasteiger partial charge in [0.15, 0.2) is 0 Å². The first-order valence-electron chi connectivity index (χ1n) is 17.9.